The molecule has 0 aliphatic carbocycles. The van der Waals surface area contributed by atoms with Gasteiger partial charge in [-0.1, -0.05) is 18.2 Å². The van der Waals surface area contributed by atoms with Crippen LogP contribution in [0.3, 0.4) is 0 Å². The molecule has 1 aromatic carbocycles. The maximum Gasteiger partial charge on any atom is 0.0462 e. The van der Waals surface area contributed by atoms with E-state index in [9.17, 15) is 0 Å². The van der Waals surface area contributed by atoms with Gasteiger partial charge in [0.1, 0.15) is 0 Å². The average Bonchev–Trinajstić information content (AvgIpc) is 2.67. The van der Waals surface area contributed by atoms with Crippen LogP contribution in [-0.4, -0.2) is 32.3 Å². The molecule has 0 fully saturated rings. The van der Waals surface area contributed by atoms with E-state index in [1.807, 2.05) is 0 Å². The van der Waals surface area contributed by atoms with E-state index in [2.05, 4.69) is 36.1 Å². The van der Waals surface area contributed by atoms with Crippen molar-refractivity contribution in [3.05, 3.63) is 29.8 Å². The summed E-state index contributed by atoms with van der Waals surface area (Å²) in [5.74, 6) is 0. The summed E-state index contributed by atoms with van der Waals surface area (Å²) in [7, 11) is 1.74. The van der Waals surface area contributed by atoms with E-state index < -0.39 is 0 Å². The van der Waals surface area contributed by atoms with E-state index in [4.69, 9.17) is 10.5 Å². The third-order valence-electron chi connectivity index (χ3n) is 3.70. The monoisotopic (exact) mass is 248 g/mol. The largest absolute Gasteiger partial charge is 0.385 e. The molecule has 2 atom stereocenters. The van der Waals surface area contributed by atoms with E-state index in [1.54, 1.807) is 7.11 Å². The van der Waals surface area contributed by atoms with Crippen molar-refractivity contribution in [2.24, 2.45) is 5.73 Å². The predicted octanol–water partition coefficient (Wildman–Crippen LogP) is 2.19. The summed E-state index contributed by atoms with van der Waals surface area (Å²) < 4.78 is 5.07. The molecule has 0 bridgehead atoms. The SMILES string of the molecule is COCCCC(N)CN1c2ccccc2CC1C. The second kappa shape index (κ2) is 6.21. The molecule has 3 heteroatoms. The lowest BCUT2D eigenvalue weighted by molar-refractivity contribution is 0.190. The number of fused-ring (bicyclic) bond motifs is 1. The Morgan fingerprint density at radius 3 is 3.00 bits per heavy atom. The number of methoxy groups -OCH3 is 1. The lowest BCUT2D eigenvalue weighted by atomic mass is 10.1. The Kier molecular flexibility index (Phi) is 4.61. The summed E-state index contributed by atoms with van der Waals surface area (Å²) >= 11 is 0. The lowest BCUT2D eigenvalue weighted by Gasteiger charge is -2.28. The first-order valence-corrected chi connectivity index (χ1v) is 6.81. The minimum absolute atomic E-state index is 0.230. The van der Waals surface area contributed by atoms with Crippen LogP contribution in [0.25, 0.3) is 0 Å². The molecule has 0 spiro atoms. The number of anilines is 1. The summed E-state index contributed by atoms with van der Waals surface area (Å²) in [6, 6.07) is 9.46. The smallest absolute Gasteiger partial charge is 0.0462 e. The van der Waals surface area contributed by atoms with Crippen LogP contribution in [-0.2, 0) is 11.2 Å². The van der Waals surface area contributed by atoms with Gasteiger partial charge >= 0.3 is 0 Å². The summed E-state index contributed by atoms with van der Waals surface area (Å²) in [6.45, 7) is 4.03. The fourth-order valence-corrected chi connectivity index (χ4v) is 2.74. The summed E-state index contributed by atoms with van der Waals surface area (Å²) in [6.07, 6.45) is 3.21. The molecule has 1 aliphatic heterocycles. The molecule has 2 rings (SSSR count). The number of hydrogen-bond acceptors (Lipinski definition) is 3. The minimum atomic E-state index is 0.230. The quantitative estimate of drug-likeness (QED) is 0.784. The molecule has 0 saturated heterocycles. The Labute approximate surface area is 110 Å². The zero-order chi connectivity index (χ0) is 13.0. The number of nitrogens with two attached hydrogens (primary N) is 1. The van der Waals surface area contributed by atoms with Crippen molar-refractivity contribution >= 4 is 5.69 Å². The predicted molar refractivity (Wildman–Crippen MR) is 76.0 cm³/mol. The molecule has 2 N–H and O–H groups in total. The van der Waals surface area contributed by atoms with Gasteiger partial charge in [0.15, 0.2) is 0 Å². The molecule has 0 amide bonds. The van der Waals surface area contributed by atoms with Crippen LogP contribution in [0.5, 0.6) is 0 Å². The third-order valence-corrected chi connectivity index (χ3v) is 3.70. The van der Waals surface area contributed by atoms with Crippen LogP contribution in [0.1, 0.15) is 25.3 Å². The van der Waals surface area contributed by atoms with Gasteiger partial charge in [0, 0.05) is 38.0 Å². The normalized spacial score (nSPS) is 19.9. The van der Waals surface area contributed by atoms with Gasteiger partial charge < -0.3 is 15.4 Å². The first-order chi connectivity index (χ1) is 8.72. The van der Waals surface area contributed by atoms with Crippen LogP contribution in [0, 0.1) is 0 Å². The first kappa shape index (κ1) is 13.4. The van der Waals surface area contributed by atoms with Gasteiger partial charge in [-0.25, -0.2) is 0 Å². The zero-order valence-electron chi connectivity index (χ0n) is 11.4. The van der Waals surface area contributed by atoms with Crippen molar-refractivity contribution in [3.8, 4) is 0 Å². The van der Waals surface area contributed by atoms with Crippen molar-refractivity contribution in [2.75, 3.05) is 25.2 Å². The van der Waals surface area contributed by atoms with Crippen molar-refractivity contribution in [1.82, 2.24) is 0 Å². The molecular formula is C15H24N2O. The Morgan fingerprint density at radius 2 is 2.22 bits per heavy atom. The molecule has 0 saturated carbocycles. The van der Waals surface area contributed by atoms with Crippen molar-refractivity contribution in [3.63, 3.8) is 0 Å². The second-order valence-electron chi connectivity index (χ2n) is 5.23. The van der Waals surface area contributed by atoms with E-state index >= 15 is 0 Å². The Bertz CT molecular complexity index is 381. The molecule has 1 heterocycles. The second-order valence-corrected chi connectivity index (χ2v) is 5.23. The fourth-order valence-electron chi connectivity index (χ4n) is 2.74. The van der Waals surface area contributed by atoms with Crippen LogP contribution in [0.2, 0.25) is 0 Å². The maximum absolute atomic E-state index is 6.22. The Morgan fingerprint density at radius 1 is 1.44 bits per heavy atom. The van der Waals surface area contributed by atoms with Gasteiger partial charge in [-0.05, 0) is 37.8 Å². The van der Waals surface area contributed by atoms with Crippen LogP contribution in [0.15, 0.2) is 24.3 Å². The van der Waals surface area contributed by atoms with Gasteiger partial charge in [-0.15, -0.1) is 0 Å². The summed E-state index contributed by atoms with van der Waals surface area (Å²) in [5.41, 5.74) is 9.04. The molecule has 0 radical (unpaired) electrons. The number of rotatable bonds is 6. The maximum atomic E-state index is 6.22. The molecule has 1 aliphatic rings. The van der Waals surface area contributed by atoms with E-state index in [0.29, 0.717) is 6.04 Å². The van der Waals surface area contributed by atoms with E-state index in [0.717, 1.165) is 32.4 Å². The highest BCUT2D eigenvalue weighted by Crippen LogP contribution is 2.31. The van der Waals surface area contributed by atoms with Crippen LogP contribution < -0.4 is 10.6 Å². The van der Waals surface area contributed by atoms with Gasteiger partial charge in [-0.3, -0.25) is 0 Å². The van der Waals surface area contributed by atoms with Gasteiger partial charge in [0.25, 0.3) is 0 Å². The molecule has 1 aromatic rings. The minimum Gasteiger partial charge on any atom is -0.385 e. The molecular weight excluding hydrogens is 224 g/mol. The number of para-hydroxylation sites is 1. The molecule has 100 valence electrons. The van der Waals surface area contributed by atoms with Crippen LogP contribution in [0.4, 0.5) is 5.69 Å². The molecule has 3 nitrogen and oxygen atoms in total. The lowest BCUT2D eigenvalue weighted by Crippen LogP contribution is -2.40. The topological polar surface area (TPSA) is 38.5 Å². The van der Waals surface area contributed by atoms with Crippen molar-refractivity contribution in [2.45, 2.75) is 38.3 Å². The average molecular weight is 248 g/mol. The number of ether oxygens (including phenoxy) is 1. The highest BCUT2D eigenvalue weighted by atomic mass is 16.5. The number of hydrogen-bond donors (Lipinski definition) is 1. The molecule has 18 heavy (non-hydrogen) atoms. The van der Waals surface area contributed by atoms with Crippen LogP contribution >= 0.6 is 0 Å². The highest BCUT2D eigenvalue weighted by Gasteiger charge is 2.26. The zero-order valence-corrected chi connectivity index (χ0v) is 11.4. The van der Waals surface area contributed by atoms with Gasteiger partial charge in [0.2, 0.25) is 0 Å². The Balaban J connectivity index is 1.93. The fraction of sp³-hybridized carbons (Fsp3) is 0.600. The van der Waals surface area contributed by atoms with Crippen molar-refractivity contribution in [1.29, 1.82) is 0 Å². The van der Waals surface area contributed by atoms with E-state index in [-0.39, 0.29) is 6.04 Å². The summed E-state index contributed by atoms with van der Waals surface area (Å²) in [4.78, 5) is 2.45. The third kappa shape index (κ3) is 3.03. The van der Waals surface area contributed by atoms with Gasteiger partial charge in [-0.2, -0.15) is 0 Å². The highest BCUT2D eigenvalue weighted by molar-refractivity contribution is 5.59. The molecule has 0 aromatic heterocycles. The Hall–Kier alpha value is -1.06. The first-order valence-electron chi connectivity index (χ1n) is 6.81. The van der Waals surface area contributed by atoms with Gasteiger partial charge in [0.05, 0.1) is 0 Å². The molecule has 2 unspecified atom stereocenters. The summed E-state index contributed by atoms with van der Waals surface area (Å²) in [5, 5.41) is 0. The van der Waals surface area contributed by atoms with E-state index in [1.165, 1.54) is 11.3 Å². The standard InChI is InChI=1S/C15H24N2O/c1-12-10-13-6-3-4-8-15(13)17(12)11-14(16)7-5-9-18-2/h3-4,6,8,12,14H,5,7,9-11,16H2,1-2H3. The number of benzene rings is 1. The van der Waals surface area contributed by atoms with Crippen molar-refractivity contribution < 1.29 is 4.74 Å². The number of nitrogens with zero attached hydrogens (tertiary/aromatic N) is 1.